The summed E-state index contributed by atoms with van der Waals surface area (Å²) in [6, 6.07) is 6.12. The lowest BCUT2D eigenvalue weighted by Crippen LogP contribution is -2.07. The smallest absolute Gasteiger partial charge is 0.172 e. The molecule has 0 radical (unpaired) electrons. The maximum absolute atomic E-state index is 11.0. The lowest BCUT2D eigenvalue weighted by molar-refractivity contribution is 0.111. The summed E-state index contributed by atoms with van der Waals surface area (Å²) in [6.45, 7) is 2.20. The Morgan fingerprint density at radius 1 is 1.33 bits per heavy atom. The van der Waals surface area contributed by atoms with Gasteiger partial charge in [-0.25, -0.2) is 4.98 Å². The molecular weight excluding hydrogens is 266 g/mol. The summed E-state index contributed by atoms with van der Waals surface area (Å²) < 4.78 is 7.72. The van der Waals surface area contributed by atoms with Crippen molar-refractivity contribution in [3.8, 4) is 5.75 Å². The van der Waals surface area contributed by atoms with Gasteiger partial charge in [-0.2, -0.15) is 5.10 Å². The summed E-state index contributed by atoms with van der Waals surface area (Å²) >= 11 is 0. The Morgan fingerprint density at radius 3 is 2.90 bits per heavy atom. The van der Waals surface area contributed by atoms with Crippen molar-refractivity contribution < 1.29 is 9.53 Å². The van der Waals surface area contributed by atoms with Crippen LogP contribution in [0.15, 0.2) is 24.4 Å². The van der Waals surface area contributed by atoms with Gasteiger partial charge in [0.2, 0.25) is 0 Å². The minimum absolute atomic E-state index is 0.338. The van der Waals surface area contributed by atoms with Gasteiger partial charge in [-0.15, -0.1) is 0 Å². The van der Waals surface area contributed by atoms with Crippen LogP contribution in [0.2, 0.25) is 0 Å². The Kier molecular flexibility index (Phi) is 3.99. The molecule has 1 fully saturated rings. The number of aryl methyl sites for hydroxylation is 1. The summed E-state index contributed by atoms with van der Waals surface area (Å²) in [7, 11) is 0. The predicted octanol–water partition coefficient (Wildman–Crippen LogP) is 3.09. The van der Waals surface area contributed by atoms with Crippen LogP contribution in [-0.2, 0) is 6.61 Å². The highest BCUT2D eigenvalue weighted by atomic mass is 16.5. The fourth-order valence-electron chi connectivity index (χ4n) is 2.75. The third kappa shape index (κ3) is 3.12. The van der Waals surface area contributed by atoms with E-state index in [9.17, 15) is 4.79 Å². The molecular formula is C16H19N3O2. The lowest BCUT2D eigenvalue weighted by Gasteiger charge is -2.09. The second-order valence-corrected chi connectivity index (χ2v) is 5.47. The van der Waals surface area contributed by atoms with E-state index in [4.69, 9.17) is 4.74 Å². The third-order valence-electron chi connectivity index (χ3n) is 3.87. The average Bonchev–Trinajstić information content (AvgIpc) is 3.16. The molecule has 2 aromatic heterocycles. The summed E-state index contributed by atoms with van der Waals surface area (Å²) in [6.07, 6.45) is 7.72. The van der Waals surface area contributed by atoms with Crippen molar-refractivity contribution in [3.63, 3.8) is 0 Å². The van der Waals surface area contributed by atoms with Crippen LogP contribution in [0.4, 0.5) is 0 Å². The predicted molar refractivity (Wildman–Crippen MR) is 78.4 cm³/mol. The molecule has 0 saturated heterocycles. The number of hydrogen-bond acceptors (Lipinski definition) is 4. The van der Waals surface area contributed by atoms with E-state index >= 15 is 0 Å². The molecule has 0 atom stereocenters. The summed E-state index contributed by atoms with van der Waals surface area (Å²) in [4.78, 5) is 15.2. The van der Waals surface area contributed by atoms with E-state index in [0.717, 1.165) is 17.7 Å². The number of rotatable bonds is 5. The SMILES string of the molecule is Cc1ccc(OCc2ccn(C3CCCC3)n2)c(C=O)n1. The number of carbonyl (C=O) groups is 1. The molecule has 0 bridgehead atoms. The number of ether oxygens (including phenoxy) is 1. The molecule has 0 aliphatic heterocycles. The molecule has 0 amide bonds. The Balaban J connectivity index is 1.66. The Morgan fingerprint density at radius 2 is 2.14 bits per heavy atom. The van der Waals surface area contributed by atoms with Crippen molar-refractivity contribution in [2.75, 3.05) is 0 Å². The minimum atomic E-state index is 0.338. The fourth-order valence-corrected chi connectivity index (χ4v) is 2.75. The molecule has 3 rings (SSSR count). The molecule has 2 aromatic rings. The van der Waals surface area contributed by atoms with Gasteiger partial charge in [-0.3, -0.25) is 9.48 Å². The number of carbonyl (C=O) groups excluding carboxylic acids is 1. The van der Waals surface area contributed by atoms with E-state index in [-0.39, 0.29) is 0 Å². The van der Waals surface area contributed by atoms with Crippen LogP contribution in [0, 0.1) is 6.92 Å². The van der Waals surface area contributed by atoms with Gasteiger partial charge in [-0.05, 0) is 38.0 Å². The van der Waals surface area contributed by atoms with Crippen LogP contribution in [0.1, 0.15) is 53.6 Å². The van der Waals surface area contributed by atoms with Gasteiger partial charge < -0.3 is 4.74 Å². The first kappa shape index (κ1) is 13.8. The Bertz CT molecular complexity index is 630. The maximum Gasteiger partial charge on any atom is 0.172 e. The molecule has 0 spiro atoms. The number of nitrogens with zero attached hydrogens (tertiary/aromatic N) is 3. The molecule has 0 N–H and O–H groups in total. The average molecular weight is 285 g/mol. The number of aldehydes is 1. The lowest BCUT2D eigenvalue weighted by atomic mass is 10.3. The van der Waals surface area contributed by atoms with E-state index < -0.39 is 0 Å². The van der Waals surface area contributed by atoms with Gasteiger partial charge in [0.15, 0.2) is 6.29 Å². The Labute approximate surface area is 124 Å². The molecule has 21 heavy (non-hydrogen) atoms. The van der Waals surface area contributed by atoms with E-state index in [1.807, 2.05) is 29.9 Å². The van der Waals surface area contributed by atoms with Crippen molar-refractivity contribution in [2.24, 2.45) is 0 Å². The zero-order valence-electron chi connectivity index (χ0n) is 12.2. The quantitative estimate of drug-likeness (QED) is 0.792. The van der Waals surface area contributed by atoms with Crippen molar-refractivity contribution in [3.05, 3.63) is 41.5 Å². The van der Waals surface area contributed by atoms with Gasteiger partial charge in [0.05, 0.1) is 11.7 Å². The van der Waals surface area contributed by atoms with Crippen LogP contribution in [0.5, 0.6) is 5.75 Å². The molecule has 2 heterocycles. The number of pyridine rings is 1. The summed E-state index contributed by atoms with van der Waals surface area (Å²) in [5, 5.41) is 4.56. The maximum atomic E-state index is 11.0. The zero-order chi connectivity index (χ0) is 14.7. The first-order valence-corrected chi connectivity index (χ1v) is 7.36. The molecule has 5 heteroatoms. The monoisotopic (exact) mass is 285 g/mol. The minimum Gasteiger partial charge on any atom is -0.485 e. The highest BCUT2D eigenvalue weighted by Gasteiger charge is 2.17. The summed E-state index contributed by atoms with van der Waals surface area (Å²) in [5.74, 6) is 0.506. The summed E-state index contributed by atoms with van der Waals surface area (Å²) in [5.41, 5.74) is 2.01. The zero-order valence-corrected chi connectivity index (χ0v) is 12.2. The van der Waals surface area contributed by atoms with Gasteiger partial charge >= 0.3 is 0 Å². The fraction of sp³-hybridized carbons (Fsp3) is 0.438. The van der Waals surface area contributed by atoms with Gasteiger partial charge in [0.25, 0.3) is 0 Å². The van der Waals surface area contributed by atoms with Crippen molar-refractivity contribution in [2.45, 2.75) is 45.3 Å². The third-order valence-corrected chi connectivity index (χ3v) is 3.87. The van der Waals surface area contributed by atoms with Gasteiger partial charge in [0, 0.05) is 11.9 Å². The highest BCUT2D eigenvalue weighted by Crippen LogP contribution is 2.28. The second-order valence-electron chi connectivity index (χ2n) is 5.47. The number of hydrogen-bond donors (Lipinski definition) is 0. The standard InChI is InChI=1S/C16H19N3O2/c1-12-6-7-16(15(10-20)17-12)21-11-13-8-9-19(18-13)14-4-2-3-5-14/h6-10,14H,2-5,11H2,1H3. The van der Waals surface area contributed by atoms with Crippen LogP contribution in [0.3, 0.4) is 0 Å². The van der Waals surface area contributed by atoms with Crippen molar-refractivity contribution in [1.29, 1.82) is 0 Å². The first-order chi connectivity index (χ1) is 10.3. The largest absolute Gasteiger partial charge is 0.485 e. The highest BCUT2D eigenvalue weighted by molar-refractivity contribution is 5.76. The normalized spacial score (nSPS) is 15.3. The van der Waals surface area contributed by atoms with Gasteiger partial charge in [-0.1, -0.05) is 12.8 Å². The molecule has 5 nitrogen and oxygen atoms in total. The molecule has 1 aliphatic carbocycles. The van der Waals surface area contributed by atoms with Crippen LogP contribution >= 0.6 is 0 Å². The van der Waals surface area contributed by atoms with Crippen molar-refractivity contribution in [1.82, 2.24) is 14.8 Å². The van der Waals surface area contributed by atoms with E-state index in [0.29, 0.717) is 24.1 Å². The van der Waals surface area contributed by atoms with E-state index in [1.165, 1.54) is 25.7 Å². The first-order valence-electron chi connectivity index (χ1n) is 7.36. The Hall–Kier alpha value is -2.17. The van der Waals surface area contributed by atoms with Gasteiger partial charge in [0.1, 0.15) is 18.1 Å². The van der Waals surface area contributed by atoms with Crippen LogP contribution in [0.25, 0.3) is 0 Å². The molecule has 0 unspecified atom stereocenters. The molecule has 110 valence electrons. The molecule has 1 saturated carbocycles. The molecule has 1 aliphatic rings. The second kappa shape index (κ2) is 6.08. The van der Waals surface area contributed by atoms with Crippen molar-refractivity contribution >= 4 is 6.29 Å². The van der Waals surface area contributed by atoms with E-state index in [1.54, 1.807) is 6.07 Å². The van der Waals surface area contributed by atoms with Crippen LogP contribution in [-0.4, -0.2) is 21.1 Å². The van der Waals surface area contributed by atoms with Crippen LogP contribution < -0.4 is 4.74 Å². The number of aromatic nitrogens is 3. The molecule has 0 aromatic carbocycles. The van der Waals surface area contributed by atoms with E-state index in [2.05, 4.69) is 10.1 Å². The topological polar surface area (TPSA) is 57.0 Å².